The molecule has 0 atom stereocenters. The fraction of sp³-hybridized carbons (Fsp3) is 0.0714. The lowest BCUT2D eigenvalue weighted by Gasteiger charge is -2.09. The second-order valence-electron chi connectivity index (χ2n) is 3.63. The van der Waals surface area contributed by atoms with E-state index < -0.39 is 0 Å². The van der Waals surface area contributed by atoms with Crippen LogP contribution in [0, 0.1) is 17.1 Å². The van der Waals surface area contributed by atoms with Gasteiger partial charge in [0.15, 0.2) is 0 Å². The summed E-state index contributed by atoms with van der Waals surface area (Å²) in [6.07, 6.45) is 0. The number of halogens is 2. The second kappa shape index (κ2) is 5.65. The predicted molar refractivity (Wildman–Crippen MR) is 69.6 cm³/mol. The molecule has 0 amide bonds. The van der Waals surface area contributed by atoms with Crippen molar-refractivity contribution >= 4 is 15.9 Å². The van der Waals surface area contributed by atoms with E-state index in [2.05, 4.69) is 22.0 Å². The summed E-state index contributed by atoms with van der Waals surface area (Å²) >= 11 is 3.28. The summed E-state index contributed by atoms with van der Waals surface area (Å²) in [4.78, 5) is 0. The molecule has 2 aromatic rings. The van der Waals surface area contributed by atoms with Crippen LogP contribution in [0.2, 0.25) is 0 Å². The van der Waals surface area contributed by atoms with Crippen LogP contribution < -0.4 is 4.74 Å². The number of nitrogens with zero attached hydrogens (tertiary/aromatic N) is 1. The van der Waals surface area contributed by atoms with E-state index in [1.807, 2.05) is 12.1 Å². The molecule has 0 bridgehead atoms. The zero-order valence-electron chi connectivity index (χ0n) is 9.36. The largest absolute Gasteiger partial charge is 0.488 e. The summed E-state index contributed by atoms with van der Waals surface area (Å²) in [5.74, 6) is 0.0597. The monoisotopic (exact) mass is 305 g/mol. The van der Waals surface area contributed by atoms with Gasteiger partial charge in [0.05, 0.1) is 16.1 Å². The fourth-order valence-corrected chi connectivity index (χ4v) is 1.86. The van der Waals surface area contributed by atoms with Crippen molar-refractivity contribution in [2.24, 2.45) is 0 Å². The first-order valence-electron chi connectivity index (χ1n) is 5.26. The Labute approximate surface area is 113 Å². The molecule has 0 unspecified atom stereocenters. The maximum absolute atomic E-state index is 13.1. The molecule has 2 rings (SSSR count). The Balaban J connectivity index is 2.17. The van der Waals surface area contributed by atoms with E-state index in [-0.39, 0.29) is 12.4 Å². The molecule has 2 nitrogen and oxygen atoms in total. The van der Waals surface area contributed by atoms with Crippen LogP contribution in [-0.2, 0) is 6.61 Å². The molecule has 0 heterocycles. The molecule has 18 heavy (non-hydrogen) atoms. The fourth-order valence-electron chi connectivity index (χ4n) is 1.50. The highest BCUT2D eigenvalue weighted by Crippen LogP contribution is 2.26. The van der Waals surface area contributed by atoms with Crippen molar-refractivity contribution in [2.75, 3.05) is 0 Å². The molecule has 0 aromatic heterocycles. The van der Waals surface area contributed by atoms with Gasteiger partial charge in [0, 0.05) is 11.6 Å². The third kappa shape index (κ3) is 2.88. The molecule has 0 aliphatic carbocycles. The Kier molecular flexibility index (Phi) is 3.96. The van der Waals surface area contributed by atoms with E-state index in [0.29, 0.717) is 15.8 Å². The molecular formula is C14H9BrFNO. The third-order valence-corrected chi connectivity index (χ3v) is 3.07. The highest BCUT2D eigenvalue weighted by Gasteiger charge is 2.05. The molecule has 2 aromatic carbocycles. The highest BCUT2D eigenvalue weighted by molar-refractivity contribution is 9.10. The Bertz CT molecular complexity index is 607. The average molecular weight is 306 g/mol. The lowest BCUT2D eigenvalue weighted by Crippen LogP contribution is -1.99. The van der Waals surface area contributed by atoms with Crippen LogP contribution >= 0.6 is 15.9 Å². The minimum absolute atomic E-state index is 0.228. The smallest absolute Gasteiger partial charge is 0.136 e. The summed E-state index contributed by atoms with van der Waals surface area (Å²) in [7, 11) is 0. The zero-order chi connectivity index (χ0) is 13.0. The molecule has 4 heteroatoms. The van der Waals surface area contributed by atoms with Crippen LogP contribution in [-0.4, -0.2) is 0 Å². The van der Waals surface area contributed by atoms with E-state index in [1.54, 1.807) is 18.2 Å². The Morgan fingerprint density at radius 1 is 1.22 bits per heavy atom. The first-order chi connectivity index (χ1) is 8.70. The van der Waals surface area contributed by atoms with Crippen LogP contribution in [0.15, 0.2) is 46.9 Å². The van der Waals surface area contributed by atoms with Gasteiger partial charge in [-0.2, -0.15) is 5.26 Å². The Morgan fingerprint density at radius 3 is 2.78 bits per heavy atom. The predicted octanol–water partition coefficient (Wildman–Crippen LogP) is 4.04. The number of nitriles is 1. The minimum Gasteiger partial charge on any atom is -0.488 e. The quantitative estimate of drug-likeness (QED) is 0.857. The van der Waals surface area contributed by atoms with E-state index in [0.717, 1.165) is 5.56 Å². The zero-order valence-corrected chi connectivity index (χ0v) is 10.9. The lowest BCUT2D eigenvalue weighted by molar-refractivity contribution is 0.302. The van der Waals surface area contributed by atoms with Crippen molar-refractivity contribution in [2.45, 2.75) is 6.61 Å². The number of hydrogen-bond donors (Lipinski definition) is 0. The van der Waals surface area contributed by atoms with Gasteiger partial charge in [0.25, 0.3) is 0 Å². The summed E-state index contributed by atoms with van der Waals surface area (Å²) in [6.45, 7) is 0.228. The van der Waals surface area contributed by atoms with Crippen LogP contribution in [0.4, 0.5) is 4.39 Å². The van der Waals surface area contributed by atoms with Gasteiger partial charge in [-0.15, -0.1) is 0 Å². The van der Waals surface area contributed by atoms with Crippen molar-refractivity contribution in [1.29, 1.82) is 5.26 Å². The maximum atomic E-state index is 13.1. The van der Waals surface area contributed by atoms with Gasteiger partial charge in [-0.05, 0) is 34.1 Å². The van der Waals surface area contributed by atoms with Crippen molar-refractivity contribution in [3.05, 3.63) is 63.9 Å². The van der Waals surface area contributed by atoms with Crippen molar-refractivity contribution in [3.8, 4) is 11.8 Å². The van der Waals surface area contributed by atoms with Gasteiger partial charge in [-0.1, -0.05) is 18.2 Å². The molecule has 0 saturated carbocycles. The number of benzene rings is 2. The average Bonchev–Trinajstić information content (AvgIpc) is 2.40. The molecule has 0 radical (unpaired) electrons. The molecule has 0 fully saturated rings. The Hall–Kier alpha value is -1.86. The first kappa shape index (κ1) is 12.6. The Morgan fingerprint density at radius 2 is 2.00 bits per heavy atom. The molecule has 0 saturated heterocycles. The topological polar surface area (TPSA) is 33.0 Å². The normalized spacial score (nSPS) is 9.83. The van der Waals surface area contributed by atoms with Crippen LogP contribution in [0.1, 0.15) is 11.1 Å². The third-order valence-electron chi connectivity index (χ3n) is 2.41. The van der Waals surface area contributed by atoms with E-state index in [1.165, 1.54) is 12.1 Å². The second-order valence-corrected chi connectivity index (χ2v) is 4.49. The van der Waals surface area contributed by atoms with Gasteiger partial charge < -0.3 is 4.74 Å². The maximum Gasteiger partial charge on any atom is 0.136 e. The minimum atomic E-state index is -0.359. The summed E-state index contributed by atoms with van der Waals surface area (Å²) in [6, 6.07) is 13.5. The van der Waals surface area contributed by atoms with Crippen LogP contribution in [0.3, 0.4) is 0 Å². The van der Waals surface area contributed by atoms with Crippen LogP contribution in [0.5, 0.6) is 5.75 Å². The first-order valence-corrected chi connectivity index (χ1v) is 6.06. The van der Waals surface area contributed by atoms with Gasteiger partial charge >= 0.3 is 0 Å². The summed E-state index contributed by atoms with van der Waals surface area (Å²) in [5, 5.41) is 8.94. The molecular weight excluding hydrogens is 297 g/mol. The van der Waals surface area contributed by atoms with E-state index in [9.17, 15) is 4.39 Å². The number of rotatable bonds is 3. The summed E-state index contributed by atoms with van der Waals surface area (Å²) < 4.78 is 19.3. The van der Waals surface area contributed by atoms with Crippen molar-refractivity contribution < 1.29 is 9.13 Å². The van der Waals surface area contributed by atoms with Crippen molar-refractivity contribution in [3.63, 3.8) is 0 Å². The standard InChI is InChI=1S/C14H9BrFNO/c15-13-6-5-12(16)7-14(13)18-9-11-4-2-1-3-10(11)8-17/h1-7H,9H2. The molecule has 0 aliphatic heterocycles. The number of ether oxygens (including phenoxy) is 1. The number of hydrogen-bond acceptors (Lipinski definition) is 2. The van der Waals surface area contributed by atoms with E-state index in [4.69, 9.17) is 10.00 Å². The molecule has 0 N–H and O–H groups in total. The highest BCUT2D eigenvalue weighted by atomic mass is 79.9. The van der Waals surface area contributed by atoms with Crippen LogP contribution in [0.25, 0.3) is 0 Å². The molecule has 0 aliphatic rings. The van der Waals surface area contributed by atoms with E-state index >= 15 is 0 Å². The SMILES string of the molecule is N#Cc1ccccc1COc1cc(F)ccc1Br. The van der Waals surface area contributed by atoms with Gasteiger partial charge in [-0.3, -0.25) is 0 Å². The van der Waals surface area contributed by atoms with Crippen molar-refractivity contribution in [1.82, 2.24) is 0 Å². The molecule has 0 spiro atoms. The van der Waals surface area contributed by atoms with Gasteiger partial charge in [0.1, 0.15) is 18.2 Å². The molecule has 90 valence electrons. The van der Waals surface area contributed by atoms with Gasteiger partial charge in [-0.25, -0.2) is 4.39 Å². The summed E-state index contributed by atoms with van der Waals surface area (Å²) in [5.41, 5.74) is 1.33. The van der Waals surface area contributed by atoms with Gasteiger partial charge in [0.2, 0.25) is 0 Å². The lowest BCUT2D eigenvalue weighted by atomic mass is 10.1.